The molecule has 40 heavy (non-hydrogen) atoms. The minimum Gasteiger partial charge on any atom is -0.394 e. The number of aromatic nitrogens is 1. The lowest BCUT2D eigenvalue weighted by atomic mass is 10.0. The molecule has 0 bridgehead atoms. The van der Waals surface area contributed by atoms with Gasteiger partial charge in [-0.25, -0.2) is 0 Å². The predicted molar refractivity (Wildman–Crippen MR) is 155 cm³/mol. The minimum absolute atomic E-state index is 0.0594. The number of hydrogen-bond acceptors (Lipinski definition) is 7. The van der Waals surface area contributed by atoms with E-state index in [2.05, 4.69) is 22.1 Å². The molecule has 1 atom stereocenters. The van der Waals surface area contributed by atoms with Gasteiger partial charge in [-0.2, -0.15) is 0 Å². The number of nitrogens with zero attached hydrogens (tertiary/aromatic N) is 3. The first-order valence-corrected chi connectivity index (χ1v) is 13.6. The number of rotatable bonds is 9. The number of ether oxygens (including phenoxy) is 1. The lowest BCUT2D eigenvalue weighted by molar-refractivity contribution is 0.0342. The summed E-state index contributed by atoms with van der Waals surface area (Å²) < 4.78 is 7.25. The normalized spacial score (nSPS) is 14.7. The molecule has 3 aromatic rings. The number of pyridine rings is 1. The van der Waals surface area contributed by atoms with E-state index >= 15 is 0 Å². The van der Waals surface area contributed by atoms with Crippen molar-refractivity contribution in [3.8, 4) is 11.8 Å². The van der Waals surface area contributed by atoms with Gasteiger partial charge in [0.1, 0.15) is 5.56 Å². The van der Waals surface area contributed by atoms with Crippen molar-refractivity contribution in [2.45, 2.75) is 19.2 Å². The Bertz CT molecular complexity index is 1460. The number of aryl methyl sites for hydroxylation is 1. The third-order valence-corrected chi connectivity index (χ3v) is 7.01. The fourth-order valence-electron chi connectivity index (χ4n) is 4.71. The van der Waals surface area contributed by atoms with Crippen LogP contribution in [0.1, 0.15) is 27.0 Å². The molecular weight excluding hydrogens is 532 g/mol. The SMILES string of the molecule is CN(CC#Cc1cc(CN2CCOCC2)cc2c(=O)c(C(=O)NCc3ccc(Cl)cc3)cn(C)c12)CC(O)CO. The van der Waals surface area contributed by atoms with E-state index < -0.39 is 12.0 Å². The summed E-state index contributed by atoms with van der Waals surface area (Å²) in [7, 11) is 3.61. The number of aliphatic hydroxyl groups is 2. The lowest BCUT2D eigenvalue weighted by Gasteiger charge is -2.26. The van der Waals surface area contributed by atoms with Crippen molar-refractivity contribution >= 4 is 28.4 Å². The second-order valence-corrected chi connectivity index (χ2v) is 10.5. The largest absolute Gasteiger partial charge is 0.394 e. The lowest BCUT2D eigenvalue weighted by Crippen LogP contribution is -2.35. The average Bonchev–Trinajstić information content (AvgIpc) is 2.94. The Labute approximate surface area is 238 Å². The number of benzene rings is 2. The Morgan fingerprint density at radius 3 is 2.62 bits per heavy atom. The van der Waals surface area contributed by atoms with Crippen molar-refractivity contribution in [3.05, 3.63) is 80.1 Å². The maximum atomic E-state index is 13.7. The van der Waals surface area contributed by atoms with Crippen molar-refractivity contribution < 1.29 is 19.7 Å². The van der Waals surface area contributed by atoms with Gasteiger partial charge in [0.15, 0.2) is 0 Å². The van der Waals surface area contributed by atoms with E-state index in [-0.39, 0.29) is 30.7 Å². The molecule has 1 fully saturated rings. The zero-order chi connectivity index (χ0) is 28.6. The molecule has 4 rings (SSSR count). The summed E-state index contributed by atoms with van der Waals surface area (Å²) >= 11 is 5.95. The number of likely N-dealkylation sites (N-methyl/N-ethyl adjacent to an activating group) is 1. The van der Waals surface area contributed by atoms with Crippen LogP contribution >= 0.6 is 11.6 Å². The number of carbonyl (C=O) groups is 1. The molecule has 1 unspecified atom stereocenters. The summed E-state index contributed by atoms with van der Waals surface area (Å²) in [5, 5.41) is 22.7. The number of nitrogens with one attached hydrogen (secondary N) is 1. The van der Waals surface area contributed by atoms with Crippen LogP contribution in [0, 0.1) is 11.8 Å². The smallest absolute Gasteiger partial charge is 0.257 e. The number of hydrogen-bond donors (Lipinski definition) is 3. The summed E-state index contributed by atoms with van der Waals surface area (Å²) in [5.74, 6) is 5.88. The topological polar surface area (TPSA) is 107 Å². The maximum Gasteiger partial charge on any atom is 0.257 e. The number of morpholine rings is 1. The maximum absolute atomic E-state index is 13.7. The molecule has 1 aliphatic rings. The van der Waals surface area contributed by atoms with Crippen molar-refractivity contribution in [1.82, 2.24) is 19.7 Å². The van der Waals surface area contributed by atoms with Crippen LogP contribution in [-0.4, -0.2) is 89.6 Å². The quantitative estimate of drug-likeness (QED) is 0.338. The van der Waals surface area contributed by atoms with E-state index in [1.807, 2.05) is 36.2 Å². The molecule has 2 aromatic carbocycles. The molecule has 2 heterocycles. The number of carbonyl (C=O) groups excluding carboxylic acids is 1. The van der Waals surface area contributed by atoms with Gasteiger partial charge in [-0.1, -0.05) is 35.6 Å². The van der Waals surface area contributed by atoms with Gasteiger partial charge in [-0.05, 0) is 42.4 Å². The first-order chi connectivity index (χ1) is 19.2. The summed E-state index contributed by atoms with van der Waals surface area (Å²) in [6.07, 6.45) is 0.716. The molecule has 3 N–H and O–H groups in total. The Hall–Kier alpha value is -3.23. The van der Waals surface area contributed by atoms with Crippen LogP contribution in [0.25, 0.3) is 10.9 Å². The van der Waals surface area contributed by atoms with Gasteiger partial charge in [0.2, 0.25) is 5.43 Å². The van der Waals surface area contributed by atoms with Crippen LogP contribution in [0.4, 0.5) is 0 Å². The van der Waals surface area contributed by atoms with Crippen LogP contribution in [0.5, 0.6) is 0 Å². The van der Waals surface area contributed by atoms with Gasteiger partial charge < -0.3 is 24.8 Å². The highest BCUT2D eigenvalue weighted by molar-refractivity contribution is 6.30. The molecule has 0 saturated carbocycles. The van der Waals surface area contributed by atoms with E-state index in [1.165, 1.54) is 0 Å². The Balaban J connectivity index is 1.67. The van der Waals surface area contributed by atoms with Gasteiger partial charge in [0.05, 0.1) is 38.0 Å². The Morgan fingerprint density at radius 2 is 1.93 bits per heavy atom. The van der Waals surface area contributed by atoms with Gasteiger partial charge in [-0.3, -0.25) is 19.4 Å². The first-order valence-electron chi connectivity index (χ1n) is 13.2. The van der Waals surface area contributed by atoms with Crippen LogP contribution < -0.4 is 10.7 Å². The summed E-state index contributed by atoms with van der Waals surface area (Å²) in [6, 6.07) is 11.0. The second-order valence-electron chi connectivity index (χ2n) is 10.1. The molecule has 9 nitrogen and oxygen atoms in total. The van der Waals surface area contributed by atoms with Crippen LogP contribution in [-0.2, 0) is 24.9 Å². The van der Waals surface area contributed by atoms with Gasteiger partial charge in [0, 0.05) is 61.9 Å². The third-order valence-electron chi connectivity index (χ3n) is 6.76. The van der Waals surface area contributed by atoms with E-state index in [1.54, 1.807) is 29.9 Å². The van der Waals surface area contributed by atoms with Crippen molar-refractivity contribution in [2.75, 3.05) is 53.0 Å². The van der Waals surface area contributed by atoms with Crippen LogP contribution in [0.2, 0.25) is 5.02 Å². The zero-order valence-electron chi connectivity index (χ0n) is 22.8. The standard InChI is InChI=1S/C30H35ClN4O5/c1-33(18-25(37)20-36)9-3-4-23-14-22(17-35-10-12-40-13-11-35)15-26-28(23)34(2)19-27(29(26)38)30(39)32-16-21-5-7-24(31)8-6-21/h5-8,14-15,19,25,36-37H,9-13,16-18,20H2,1-2H3,(H,32,39). The van der Waals surface area contributed by atoms with Crippen molar-refractivity contribution in [1.29, 1.82) is 0 Å². The Kier molecular flexibility index (Phi) is 10.3. The fourth-order valence-corrected chi connectivity index (χ4v) is 4.83. The third kappa shape index (κ3) is 7.70. The molecule has 212 valence electrons. The molecule has 0 radical (unpaired) electrons. The number of amides is 1. The number of aliphatic hydroxyl groups excluding tert-OH is 2. The predicted octanol–water partition coefficient (Wildman–Crippen LogP) is 1.59. The minimum atomic E-state index is -0.838. The van der Waals surface area contributed by atoms with Gasteiger partial charge in [0.25, 0.3) is 5.91 Å². The van der Waals surface area contributed by atoms with Gasteiger partial charge in [-0.15, -0.1) is 0 Å². The molecule has 1 saturated heterocycles. The van der Waals surface area contributed by atoms with Crippen LogP contribution in [0.3, 0.4) is 0 Å². The fraction of sp³-hybridized carbons (Fsp3) is 0.400. The van der Waals surface area contributed by atoms with E-state index in [9.17, 15) is 14.7 Å². The highest BCUT2D eigenvalue weighted by atomic mass is 35.5. The molecular formula is C30H35ClN4O5. The number of halogens is 1. The molecule has 1 aromatic heterocycles. The summed E-state index contributed by atoms with van der Waals surface area (Å²) in [6.45, 7) is 4.14. The van der Waals surface area contributed by atoms with Gasteiger partial charge >= 0.3 is 0 Å². The highest BCUT2D eigenvalue weighted by Gasteiger charge is 2.19. The van der Waals surface area contributed by atoms with E-state index in [0.717, 1.165) is 24.2 Å². The van der Waals surface area contributed by atoms with Crippen LogP contribution in [0.15, 0.2) is 47.4 Å². The highest BCUT2D eigenvalue weighted by Crippen LogP contribution is 2.21. The zero-order valence-corrected chi connectivity index (χ0v) is 23.6. The molecule has 1 aliphatic heterocycles. The molecule has 0 spiro atoms. The monoisotopic (exact) mass is 566 g/mol. The molecule has 1 amide bonds. The summed E-state index contributed by atoms with van der Waals surface area (Å²) in [4.78, 5) is 30.9. The van der Waals surface area contributed by atoms with E-state index in [0.29, 0.717) is 47.8 Å². The summed E-state index contributed by atoms with van der Waals surface area (Å²) in [5.41, 5.74) is 2.84. The molecule has 0 aliphatic carbocycles. The average molecular weight is 567 g/mol. The van der Waals surface area contributed by atoms with Crippen molar-refractivity contribution in [3.63, 3.8) is 0 Å². The Morgan fingerprint density at radius 1 is 1.20 bits per heavy atom. The second kappa shape index (κ2) is 13.9. The van der Waals surface area contributed by atoms with E-state index in [4.69, 9.17) is 21.4 Å². The molecule has 10 heteroatoms. The number of fused-ring (bicyclic) bond motifs is 1. The van der Waals surface area contributed by atoms with Crippen molar-refractivity contribution in [2.24, 2.45) is 7.05 Å². The first kappa shape index (κ1) is 29.7.